The zero-order valence-electron chi connectivity index (χ0n) is 12.6. The maximum atomic E-state index is 12.0. The average Bonchev–Trinajstić information content (AvgIpc) is 2.36. The van der Waals surface area contributed by atoms with Crippen LogP contribution in [-0.2, 0) is 9.53 Å². The van der Waals surface area contributed by atoms with Crippen LogP contribution in [0.2, 0.25) is 0 Å². The number of hydrogen-bond acceptors (Lipinski definition) is 5. The molecule has 0 heterocycles. The predicted molar refractivity (Wildman–Crippen MR) is 80.0 cm³/mol. The minimum absolute atomic E-state index is 0.0401. The number of anilines is 1. The highest BCUT2D eigenvalue weighted by atomic mass is 16.6. The lowest BCUT2D eigenvalue weighted by Gasteiger charge is -2.28. The van der Waals surface area contributed by atoms with Crippen LogP contribution in [0.25, 0.3) is 0 Å². The number of nitro benzene ring substituents is 1. The SMILES string of the molecule is C[C@H](OC(C)(C)C)[C@H](N)C(=O)Nc1ccc([N+](=O)[O-])cc1. The van der Waals surface area contributed by atoms with Crippen LogP contribution in [0.15, 0.2) is 24.3 Å². The molecule has 0 radical (unpaired) electrons. The zero-order chi connectivity index (χ0) is 16.2. The van der Waals surface area contributed by atoms with Gasteiger partial charge in [0, 0.05) is 17.8 Å². The van der Waals surface area contributed by atoms with E-state index in [0.717, 1.165) is 0 Å². The quantitative estimate of drug-likeness (QED) is 0.638. The monoisotopic (exact) mass is 295 g/mol. The van der Waals surface area contributed by atoms with Crippen LogP contribution < -0.4 is 11.1 Å². The number of nitro groups is 1. The van der Waals surface area contributed by atoms with Crippen molar-refractivity contribution in [1.29, 1.82) is 0 Å². The number of nitrogens with two attached hydrogens (primary N) is 1. The van der Waals surface area contributed by atoms with Gasteiger partial charge in [-0.15, -0.1) is 0 Å². The smallest absolute Gasteiger partial charge is 0.269 e. The Hall–Kier alpha value is -1.99. The first-order chi connectivity index (χ1) is 9.60. The van der Waals surface area contributed by atoms with Crippen LogP contribution in [0, 0.1) is 10.1 Å². The van der Waals surface area contributed by atoms with Gasteiger partial charge in [0.2, 0.25) is 5.91 Å². The fourth-order valence-electron chi connectivity index (χ4n) is 1.74. The van der Waals surface area contributed by atoms with Gasteiger partial charge in [-0.2, -0.15) is 0 Å². The molecule has 7 nitrogen and oxygen atoms in total. The van der Waals surface area contributed by atoms with E-state index in [9.17, 15) is 14.9 Å². The highest BCUT2D eigenvalue weighted by Crippen LogP contribution is 2.17. The second-order valence-electron chi connectivity index (χ2n) is 5.75. The van der Waals surface area contributed by atoms with Crippen LogP contribution in [0.5, 0.6) is 0 Å². The van der Waals surface area contributed by atoms with Gasteiger partial charge in [0.25, 0.3) is 5.69 Å². The zero-order valence-corrected chi connectivity index (χ0v) is 12.6. The second-order valence-corrected chi connectivity index (χ2v) is 5.75. The summed E-state index contributed by atoms with van der Waals surface area (Å²) < 4.78 is 5.63. The van der Waals surface area contributed by atoms with Gasteiger partial charge in [0.15, 0.2) is 0 Å². The summed E-state index contributed by atoms with van der Waals surface area (Å²) in [4.78, 5) is 22.1. The van der Waals surface area contributed by atoms with E-state index < -0.39 is 28.6 Å². The van der Waals surface area contributed by atoms with Crippen LogP contribution in [0.1, 0.15) is 27.7 Å². The topological polar surface area (TPSA) is 107 Å². The molecule has 0 aliphatic carbocycles. The van der Waals surface area contributed by atoms with Gasteiger partial charge in [0.1, 0.15) is 6.04 Å². The Labute approximate surface area is 123 Å². The lowest BCUT2D eigenvalue weighted by Crippen LogP contribution is -2.47. The molecule has 0 saturated heterocycles. The molecule has 2 atom stereocenters. The van der Waals surface area contributed by atoms with E-state index in [1.54, 1.807) is 6.92 Å². The maximum Gasteiger partial charge on any atom is 0.269 e. The molecular weight excluding hydrogens is 274 g/mol. The van der Waals surface area contributed by atoms with E-state index in [0.29, 0.717) is 5.69 Å². The normalized spacial score (nSPS) is 14.3. The van der Waals surface area contributed by atoms with Crippen molar-refractivity contribution in [2.45, 2.75) is 45.4 Å². The van der Waals surface area contributed by atoms with E-state index in [-0.39, 0.29) is 5.69 Å². The summed E-state index contributed by atoms with van der Waals surface area (Å²) in [5.74, 6) is -0.402. The Morgan fingerprint density at radius 1 is 1.33 bits per heavy atom. The molecule has 7 heteroatoms. The first-order valence-electron chi connectivity index (χ1n) is 6.59. The number of nitrogens with one attached hydrogen (secondary N) is 1. The van der Waals surface area contributed by atoms with Crippen molar-refractivity contribution in [2.75, 3.05) is 5.32 Å². The molecule has 0 aromatic heterocycles. The summed E-state index contributed by atoms with van der Waals surface area (Å²) >= 11 is 0. The van der Waals surface area contributed by atoms with Crippen molar-refractivity contribution in [3.63, 3.8) is 0 Å². The largest absolute Gasteiger partial charge is 0.371 e. The molecule has 1 aromatic rings. The highest BCUT2D eigenvalue weighted by molar-refractivity contribution is 5.95. The third kappa shape index (κ3) is 5.49. The third-order valence-electron chi connectivity index (χ3n) is 2.69. The number of ether oxygens (including phenoxy) is 1. The molecule has 0 spiro atoms. The Bertz CT molecular complexity index is 508. The summed E-state index contributed by atoms with van der Waals surface area (Å²) in [5, 5.41) is 13.2. The lowest BCUT2D eigenvalue weighted by molar-refractivity contribution is -0.384. The molecule has 0 bridgehead atoms. The number of benzene rings is 1. The van der Waals surface area contributed by atoms with Gasteiger partial charge in [-0.1, -0.05) is 0 Å². The molecule has 0 fully saturated rings. The minimum Gasteiger partial charge on any atom is -0.371 e. The highest BCUT2D eigenvalue weighted by Gasteiger charge is 2.25. The Morgan fingerprint density at radius 2 is 1.86 bits per heavy atom. The average molecular weight is 295 g/mol. The molecule has 1 rings (SSSR count). The number of amides is 1. The molecule has 0 aliphatic rings. The number of carbonyl (C=O) groups excluding carboxylic acids is 1. The molecular formula is C14H21N3O4. The third-order valence-corrected chi connectivity index (χ3v) is 2.69. The molecule has 1 amide bonds. The van der Waals surface area contributed by atoms with Crippen molar-refractivity contribution >= 4 is 17.3 Å². The second kappa shape index (κ2) is 6.64. The first kappa shape index (κ1) is 17.1. The van der Waals surface area contributed by atoms with Gasteiger partial charge in [-0.3, -0.25) is 14.9 Å². The first-order valence-corrected chi connectivity index (χ1v) is 6.59. The van der Waals surface area contributed by atoms with Gasteiger partial charge in [-0.05, 0) is 39.8 Å². The summed E-state index contributed by atoms with van der Waals surface area (Å²) in [5.41, 5.74) is 5.86. The van der Waals surface area contributed by atoms with Crippen LogP contribution in [-0.4, -0.2) is 28.6 Å². The van der Waals surface area contributed by atoms with Crippen LogP contribution >= 0.6 is 0 Å². The molecule has 0 aliphatic heterocycles. The summed E-state index contributed by atoms with van der Waals surface area (Å²) in [6.07, 6.45) is -0.456. The van der Waals surface area contributed by atoms with E-state index in [1.807, 2.05) is 20.8 Å². The molecule has 0 saturated carbocycles. The fraction of sp³-hybridized carbons (Fsp3) is 0.500. The molecule has 1 aromatic carbocycles. The van der Waals surface area contributed by atoms with Crippen LogP contribution in [0.4, 0.5) is 11.4 Å². The number of nitrogens with zero attached hydrogens (tertiary/aromatic N) is 1. The molecule has 3 N–H and O–H groups in total. The Morgan fingerprint density at radius 3 is 2.29 bits per heavy atom. The van der Waals surface area contributed by atoms with Crippen molar-refractivity contribution in [3.05, 3.63) is 34.4 Å². The van der Waals surface area contributed by atoms with Crippen molar-refractivity contribution < 1.29 is 14.5 Å². The van der Waals surface area contributed by atoms with Gasteiger partial charge >= 0.3 is 0 Å². The number of non-ortho nitro benzene ring substituents is 1. The Balaban J connectivity index is 2.65. The van der Waals surface area contributed by atoms with Crippen molar-refractivity contribution in [1.82, 2.24) is 0 Å². The minimum atomic E-state index is -0.834. The van der Waals surface area contributed by atoms with Gasteiger partial charge < -0.3 is 15.8 Å². The van der Waals surface area contributed by atoms with E-state index in [4.69, 9.17) is 10.5 Å². The van der Waals surface area contributed by atoms with Crippen molar-refractivity contribution in [3.8, 4) is 0 Å². The van der Waals surface area contributed by atoms with E-state index >= 15 is 0 Å². The van der Waals surface area contributed by atoms with Crippen molar-refractivity contribution in [2.24, 2.45) is 5.73 Å². The fourth-order valence-corrected chi connectivity index (χ4v) is 1.74. The van der Waals surface area contributed by atoms with E-state index in [1.165, 1.54) is 24.3 Å². The standard InChI is InChI=1S/C14H21N3O4/c1-9(21-14(2,3)4)12(15)13(18)16-10-5-7-11(8-6-10)17(19)20/h5-9,12H,15H2,1-4H3,(H,16,18)/t9-,12-/m0/s1. The summed E-state index contributed by atoms with van der Waals surface area (Å²) in [7, 11) is 0. The summed E-state index contributed by atoms with van der Waals surface area (Å²) in [6, 6.07) is 4.71. The number of rotatable bonds is 5. The lowest BCUT2D eigenvalue weighted by atomic mass is 10.1. The maximum absolute atomic E-state index is 12.0. The predicted octanol–water partition coefficient (Wildman–Crippen LogP) is 2.06. The Kier molecular flexibility index (Phi) is 5.40. The van der Waals surface area contributed by atoms with Gasteiger partial charge in [-0.25, -0.2) is 0 Å². The van der Waals surface area contributed by atoms with E-state index in [2.05, 4.69) is 5.32 Å². The molecule has 116 valence electrons. The molecule has 0 unspecified atom stereocenters. The van der Waals surface area contributed by atoms with Gasteiger partial charge in [0.05, 0.1) is 16.6 Å². The number of hydrogen-bond donors (Lipinski definition) is 2. The molecule has 21 heavy (non-hydrogen) atoms. The van der Waals surface area contributed by atoms with Crippen LogP contribution in [0.3, 0.4) is 0 Å². The number of carbonyl (C=O) groups is 1. The summed E-state index contributed by atoms with van der Waals surface area (Å²) in [6.45, 7) is 7.37.